The summed E-state index contributed by atoms with van der Waals surface area (Å²) in [7, 11) is 0. The molecule has 0 saturated heterocycles. The summed E-state index contributed by atoms with van der Waals surface area (Å²) in [6.07, 6.45) is 12.1. The van der Waals surface area contributed by atoms with Crippen LogP contribution >= 0.6 is 0 Å². The highest BCUT2D eigenvalue weighted by atomic mass is 16.3. The van der Waals surface area contributed by atoms with Crippen molar-refractivity contribution >= 4 is 0 Å². The zero-order valence-corrected chi connectivity index (χ0v) is 19.8. The fourth-order valence-corrected chi connectivity index (χ4v) is 9.29. The zero-order valence-electron chi connectivity index (χ0n) is 19.8. The molecule has 4 fully saturated rings. The second kappa shape index (κ2) is 9.00. The number of nitrogens with one attached hydrogen (secondary N) is 1. The van der Waals surface area contributed by atoms with Crippen molar-refractivity contribution in [3.8, 4) is 0 Å². The summed E-state index contributed by atoms with van der Waals surface area (Å²) in [5.74, 6) is 4.02. The first-order chi connectivity index (χ1) is 14.3. The van der Waals surface area contributed by atoms with E-state index in [9.17, 15) is 10.2 Å². The topological polar surface area (TPSA) is 78.5 Å². The highest BCUT2D eigenvalue weighted by Gasteiger charge is 2.62. The van der Waals surface area contributed by atoms with E-state index in [0.717, 1.165) is 31.7 Å². The van der Waals surface area contributed by atoms with Crippen molar-refractivity contribution in [3.63, 3.8) is 0 Å². The smallest absolute Gasteiger partial charge is 0.0577 e. The Kier molecular flexibility index (Phi) is 6.90. The number of rotatable bonds is 7. The Bertz CT molecular complexity index is 585. The van der Waals surface area contributed by atoms with Gasteiger partial charge >= 0.3 is 0 Å². The Labute approximate surface area is 184 Å². The average molecular weight is 421 g/mol. The van der Waals surface area contributed by atoms with Crippen LogP contribution in [0.15, 0.2) is 0 Å². The van der Waals surface area contributed by atoms with Crippen LogP contribution in [-0.2, 0) is 0 Å². The van der Waals surface area contributed by atoms with Gasteiger partial charge in [0.05, 0.1) is 6.10 Å². The van der Waals surface area contributed by atoms with Gasteiger partial charge < -0.3 is 21.3 Å². The van der Waals surface area contributed by atoms with Gasteiger partial charge in [-0.1, -0.05) is 20.8 Å². The molecule has 4 nitrogen and oxygen atoms in total. The summed E-state index contributed by atoms with van der Waals surface area (Å²) in [6, 6.07) is 0.590. The molecule has 0 amide bonds. The van der Waals surface area contributed by atoms with Gasteiger partial charge in [0.25, 0.3) is 0 Å². The Morgan fingerprint density at radius 2 is 1.77 bits per heavy atom. The second-order valence-electron chi connectivity index (χ2n) is 12.1. The highest BCUT2D eigenvalue weighted by Crippen LogP contribution is 2.68. The van der Waals surface area contributed by atoms with Crippen molar-refractivity contribution < 1.29 is 10.2 Å². The minimum atomic E-state index is -0.113. The van der Waals surface area contributed by atoms with Crippen molar-refractivity contribution in [2.75, 3.05) is 19.7 Å². The average Bonchev–Trinajstić information content (AvgIpc) is 3.08. The van der Waals surface area contributed by atoms with Crippen LogP contribution in [0.5, 0.6) is 0 Å². The lowest BCUT2D eigenvalue weighted by Gasteiger charge is -2.62. The Morgan fingerprint density at radius 3 is 2.50 bits per heavy atom. The van der Waals surface area contributed by atoms with Gasteiger partial charge in [-0.25, -0.2) is 0 Å². The van der Waals surface area contributed by atoms with Crippen molar-refractivity contribution in [1.82, 2.24) is 5.32 Å². The molecule has 4 aliphatic rings. The van der Waals surface area contributed by atoms with E-state index < -0.39 is 0 Å². The summed E-state index contributed by atoms with van der Waals surface area (Å²) in [4.78, 5) is 0. The maximum atomic E-state index is 11.5. The lowest BCUT2D eigenvalue weighted by molar-refractivity contribution is -0.167. The minimum Gasteiger partial charge on any atom is -0.396 e. The van der Waals surface area contributed by atoms with Crippen LogP contribution in [0.2, 0.25) is 0 Å². The lowest BCUT2D eigenvalue weighted by atomic mass is 9.43. The molecule has 0 aromatic carbocycles. The van der Waals surface area contributed by atoms with Crippen LogP contribution in [0.3, 0.4) is 0 Å². The number of nitrogens with two attached hydrogens (primary N) is 1. The largest absolute Gasteiger partial charge is 0.396 e. The van der Waals surface area contributed by atoms with E-state index in [2.05, 4.69) is 26.1 Å². The molecule has 4 rings (SSSR count). The SMILES string of the molecule is CC(CCCO)[C@H]1CCC2C3C(CC[C@@]21C)[C@@]1(C)CC[C@@H](NCCN)C[C@H]1C[C@H]3O. The molecule has 0 bridgehead atoms. The number of aliphatic hydroxyl groups is 2. The Hall–Kier alpha value is -0.160. The van der Waals surface area contributed by atoms with Crippen LogP contribution in [0.4, 0.5) is 0 Å². The van der Waals surface area contributed by atoms with E-state index in [0.29, 0.717) is 59.6 Å². The summed E-state index contributed by atoms with van der Waals surface area (Å²) in [5, 5.41) is 24.4. The van der Waals surface area contributed by atoms with Gasteiger partial charge in [-0.3, -0.25) is 0 Å². The fraction of sp³-hybridized carbons (Fsp3) is 1.00. The first kappa shape index (κ1) is 23.0. The molecular weight excluding hydrogens is 372 g/mol. The monoisotopic (exact) mass is 420 g/mol. The molecule has 4 aliphatic carbocycles. The van der Waals surface area contributed by atoms with Crippen LogP contribution in [0.1, 0.15) is 85.0 Å². The molecule has 4 heteroatoms. The molecule has 0 aromatic rings. The predicted molar refractivity (Wildman–Crippen MR) is 123 cm³/mol. The standard InChI is InChI=1S/C26H48N2O2/c1-17(5-4-14-29)20-6-7-21-24-22(9-11-26(20,21)3)25(2)10-8-19(28-13-12-27)15-18(25)16-23(24)30/h17-24,28-30H,4-16,27H2,1-3H3/t17?,18-,19+,20+,21?,22?,23+,24?,25-,26+/m0/s1. The van der Waals surface area contributed by atoms with E-state index in [1.807, 2.05) is 0 Å². The number of aliphatic hydroxyl groups excluding tert-OH is 2. The highest BCUT2D eigenvalue weighted by molar-refractivity contribution is 5.12. The molecule has 4 saturated carbocycles. The van der Waals surface area contributed by atoms with Crippen molar-refractivity contribution in [3.05, 3.63) is 0 Å². The molecule has 174 valence electrons. The van der Waals surface area contributed by atoms with Crippen LogP contribution in [0, 0.1) is 46.3 Å². The fourth-order valence-electron chi connectivity index (χ4n) is 9.29. The lowest BCUT2D eigenvalue weighted by Crippen LogP contribution is -2.59. The van der Waals surface area contributed by atoms with E-state index in [4.69, 9.17) is 5.73 Å². The van der Waals surface area contributed by atoms with Crippen LogP contribution < -0.4 is 11.1 Å². The summed E-state index contributed by atoms with van der Waals surface area (Å²) < 4.78 is 0. The summed E-state index contributed by atoms with van der Waals surface area (Å²) in [5.41, 5.74) is 6.52. The predicted octanol–water partition coefficient (Wildman–Crippen LogP) is 3.94. The van der Waals surface area contributed by atoms with Crippen molar-refractivity contribution in [2.45, 2.75) is 97.1 Å². The first-order valence-electron chi connectivity index (χ1n) is 13.1. The molecule has 0 spiro atoms. The van der Waals surface area contributed by atoms with E-state index in [1.54, 1.807) is 0 Å². The molecule has 5 N–H and O–H groups in total. The normalized spacial score (nSPS) is 49.2. The summed E-state index contributed by atoms with van der Waals surface area (Å²) in [6.45, 7) is 9.52. The van der Waals surface area contributed by atoms with Gasteiger partial charge in [-0.15, -0.1) is 0 Å². The zero-order chi connectivity index (χ0) is 21.5. The number of hydrogen-bond acceptors (Lipinski definition) is 4. The maximum absolute atomic E-state index is 11.5. The van der Waals surface area contributed by atoms with Gasteiger partial charge in [0.2, 0.25) is 0 Å². The third-order valence-corrected chi connectivity index (χ3v) is 10.8. The van der Waals surface area contributed by atoms with Gasteiger partial charge in [0.1, 0.15) is 0 Å². The summed E-state index contributed by atoms with van der Waals surface area (Å²) >= 11 is 0. The quantitative estimate of drug-likeness (QED) is 0.503. The van der Waals surface area contributed by atoms with Crippen molar-refractivity contribution in [1.29, 1.82) is 0 Å². The van der Waals surface area contributed by atoms with Gasteiger partial charge in [0.15, 0.2) is 0 Å². The van der Waals surface area contributed by atoms with E-state index in [1.165, 1.54) is 44.9 Å². The second-order valence-corrected chi connectivity index (χ2v) is 12.1. The van der Waals surface area contributed by atoms with Crippen LogP contribution in [-0.4, -0.2) is 42.1 Å². The molecular formula is C26H48N2O2. The van der Waals surface area contributed by atoms with Gasteiger partial charge in [0, 0.05) is 25.7 Å². The van der Waals surface area contributed by atoms with Gasteiger partial charge in [-0.05, 0) is 111 Å². The molecule has 10 atom stereocenters. The third kappa shape index (κ3) is 3.78. The molecule has 0 aliphatic heterocycles. The molecule has 4 unspecified atom stereocenters. The minimum absolute atomic E-state index is 0.113. The molecule has 0 aromatic heterocycles. The molecule has 0 heterocycles. The maximum Gasteiger partial charge on any atom is 0.0577 e. The third-order valence-electron chi connectivity index (χ3n) is 10.8. The Balaban J connectivity index is 1.50. The van der Waals surface area contributed by atoms with Crippen LogP contribution in [0.25, 0.3) is 0 Å². The molecule has 0 radical (unpaired) electrons. The number of fused-ring (bicyclic) bond motifs is 5. The Morgan fingerprint density at radius 1 is 1.03 bits per heavy atom. The van der Waals surface area contributed by atoms with Crippen molar-refractivity contribution in [2.24, 2.45) is 52.1 Å². The van der Waals surface area contributed by atoms with Gasteiger partial charge in [-0.2, -0.15) is 0 Å². The van der Waals surface area contributed by atoms with E-state index in [-0.39, 0.29) is 6.10 Å². The first-order valence-corrected chi connectivity index (χ1v) is 13.1. The van der Waals surface area contributed by atoms with E-state index >= 15 is 0 Å². The number of hydrogen-bond donors (Lipinski definition) is 4. The molecule has 30 heavy (non-hydrogen) atoms.